The van der Waals surface area contributed by atoms with Gasteiger partial charge in [0.1, 0.15) is 0 Å². The second-order valence-electron chi connectivity index (χ2n) is 6.84. The molecule has 1 fully saturated rings. The van der Waals surface area contributed by atoms with Gasteiger partial charge in [0.05, 0.1) is 16.3 Å². The van der Waals surface area contributed by atoms with Crippen LogP contribution in [-0.2, 0) is 0 Å². The number of nitrogens with one attached hydrogen (secondary N) is 1. The zero-order chi connectivity index (χ0) is 16.2. The Labute approximate surface area is 142 Å². The standard InChI is InChI=1S/C18H27N3OS/c1-13-3-6-21(7-4-13)12-16(22)11-19-14(2)15-9-18-17(20-10-15)5-8-23-18/h5,8-10,13-14,16,19,22H,3-4,6-7,11-12H2,1-2H3. The lowest BCUT2D eigenvalue weighted by Crippen LogP contribution is -2.42. The van der Waals surface area contributed by atoms with Gasteiger partial charge in [-0.05, 0) is 61.8 Å². The summed E-state index contributed by atoms with van der Waals surface area (Å²) in [6.45, 7) is 8.07. The Bertz CT molecular complexity index is 622. The molecule has 0 bridgehead atoms. The smallest absolute Gasteiger partial charge is 0.0809 e. The van der Waals surface area contributed by atoms with Crippen molar-refractivity contribution in [3.05, 3.63) is 29.3 Å². The van der Waals surface area contributed by atoms with E-state index < -0.39 is 0 Å². The SMILES string of the molecule is CC1CCN(CC(O)CNC(C)c2cnc3ccsc3c2)CC1. The van der Waals surface area contributed by atoms with Gasteiger partial charge in [0, 0.05) is 25.3 Å². The molecule has 23 heavy (non-hydrogen) atoms. The van der Waals surface area contributed by atoms with Crippen LogP contribution >= 0.6 is 11.3 Å². The van der Waals surface area contributed by atoms with Gasteiger partial charge in [-0.1, -0.05) is 6.92 Å². The molecule has 1 saturated heterocycles. The lowest BCUT2D eigenvalue weighted by molar-refractivity contribution is 0.0892. The van der Waals surface area contributed by atoms with Crippen molar-refractivity contribution in [3.63, 3.8) is 0 Å². The highest BCUT2D eigenvalue weighted by Crippen LogP contribution is 2.22. The minimum atomic E-state index is -0.315. The largest absolute Gasteiger partial charge is 0.390 e. The molecular weight excluding hydrogens is 306 g/mol. The molecule has 3 rings (SSSR count). The molecule has 0 spiro atoms. The maximum atomic E-state index is 10.3. The number of rotatable bonds is 6. The van der Waals surface area contributed by atoms with Crippen LogP contribution in [0.2, 0.25) is 0 Å². The van der Waals surface area contributed by atoms with Gasteiger partial charge in [-0.3, -0.25) is 4.98 Å². The highest BCUT2D eigenvalue weighted by Gasteiger charge is 2.18. The average molecular weight is 334 g/mol. The van der Waals surface area contributed by atoms with E-state index in [1.54, 1.807) is 11.3 Å². The van der Waals surface area contributed by atoms with Gasteiger partial charge in [-0.15, -0.1) is 11.3 Å². The molecule has 1 aliphatic rings. The summed E-state index contributed by atoms with van der Waals surface area (Å²) < 4.78 is 1.22. The molecule has 4 nitrogen and oxygen atoms in total. The molecule has 2 aromatic heterocycles. The van der Waals surface area contributed by atoms with Crippen LogP contribution in [0.15, 0.2) is 23.7 Å². The van der Waals surface area contributed by atoms with Gasteiger partial charge in [0.2, 0.25) is 0 Å². The minimum Gasteiger partial charge on any atom is -0.390 e. The summed E-state index contributed by atoms with van der Waals surface area (Å²) in [6, 6.07) is 4.44. The number of nitrogens with zero attached hydrogens (tertiary/aromatic N) is 2. The molecule has 0 aromatic carbocycles. The van der Waals surface area contributed by atoms with Crippen molar-refractivity contribution in [3.8, 4) is 0 Å². The van der Waals surface area contributed by atoms with Crippen molar-refractivity contribution >= 4 is 21.6 Å². The first-order valence-corrected chi connectivity index (χ1v) is 9.46. The highest BCUT2D eigenvalue weighted by atomic mass is 32.1. The third-order valence-corrected chi connectivity index (χ3v) is 5.68. The topological polar surface area (TPSA) is 48.4 Å². The molecule has 126 valence electrons. The van der Waals surface area contributed by atoms with Gasteiger partial charge >= 0.3 is 0 Å². The van der Waals surface area contributed by atoms with E-state index in [9.17, 15) is 5.11 Å². The predicted molar refractivity (Wildman–Crippen MR) is 96.9 cm³/mol. The van der Waals surface area contributed by atoms with Crippen molar-refractivity contribution in [2.24, 2.45) is 5.92 Å². The number of pyridine rings is 1. The Morgan fingerprint density at radius 2 is 2.22 bits per heavy atom. The molecule has 0 aliphatic carbocycles. The summed E-state index contributed by atoms with van der Waals surface area (Å²) in [5.41, 5.74) is 2.24. The van der Waals surface area contributed by atoms with E-state index in [4.69, 9.17) is 0 Å². The van der Waals surface area contributed by atoms with Gasteiger partial charge in [0.15, 0.2) is 0 Å². The molecule has 0 saturated carbocycles. The minimum absolute atomic E-state index is 0.199. The lowest BCUT2D eigenvalue weighted by atomic mass is 9.99. The van der Waals surface area contributed by atoms with Gasteiger partial charge in [0.25, 0.3) is 0 Å². The monoisotopic (exact) mass is 333 g/mol. The quantitative estimate of drug-likeness (QED) is 0.853. The van der Waals surface area contributed by atoms with Crippen LogP contribution in [-0.4, -0.2) is 47.3 Å². The average Bonchev–Trinajstić information content (AvgIpc) is 3.02. The molecule has 3 heterocycles. The number of fused-ring (bicyclic) bond motifs is 1. The van der Waals surface area contributed by atoms with Gasteiger partial charge in [-0.25, -0.2) is 0 Å². The molecule has 2 aromatic rings. The van der Waals surface area contributed by atoms with E-state index in [2.05, 4.69) is 40.5 Å². The van der Waals surface area contributed by atoms with E-state index in [-0.39, 0.29) is 12.1 Å². The summed E-state index contributed by atoms with van der Waals surface area (Å²) in [5.74, 6) is 0.834. The van der Waals surface area contributed by atoms with Crippen LogP contribution in [0.4, 0.5) is 0 Å². The Hall–Kier alpha value is -1.01. The molecule has 2 N–H and O–H groups in total. The second-order valence-corrected chi connectivity index (χ2v) is 7.79. The Balaban J connectivity index is 1.47. The van der Waals surface area contributed by atoms with Crippen molar-refractivity contribution in [1.29, 1.82) is 0 Å². The fourth-order valence-electron chi connectivity index (χ4n) is 3.14. The van der Waals surface area contributed by atoms with Crippen LogP contribution in [0.5, 0.6) is 0 Å². The third-order valence-electron chi connectivity index (χ3n) is 4.83. The summed E-state index contributed by atoms with van der Waals surface area (Å²) in [4.78, 5) is 6.87. The van der Waals surface area contributed by atoms with Crippen molar-refractivity contribution in [2.45, 2.75) is 38.8 Å². The first-order valence-electron chi connectivity index (χ1n) is 8.59. The fraction of sp³-hybridized carbons (Fsp3) is 0.611. The number of hydrogen-bond acceptors (Lipinski definition) is 5. The Kier molecular flexibility index (Phi) is 5.64. The molecule has 2 atom stereocenters. The van der Waals surface area contributed by atoms with E-state index in [1.807, 2.05) is 12.3 Å². The summed E-state index contributed by atoms with van der Waals surface area (Å²) >= 11 is 1.72. The van der Waals surface area contributed by atoms with Crippen molar-refractivity contribution in [1.82, 2.24) is 15.2 Å². The summed E-state index contributed by atoms with van der Waals surface area (Å²) in [5, 5.41) is 15.8. The van der Waals surface area contributed by atoms with E-state index in [0.29, 0.717) is 6.54 Å². The van der Waals surface area contributed by atoms with E-state index in [1.165, 1.54) is 23.1 Å². The van der Waals surface area contributed by atoms with Gasteiger partial charge < -0.3 is 15.3 Å². The molecule has 1 aliphatic heterocycles. The lowest BCUT2D eigenvalue weighted by Gasteiger charge is -2.32. The molecule has 2 unspecified atom stereocenters. The van der Waals surface area contributed by atoms with E-state index in [0.717, 1.165) is 31.1 Å². The fourth-order valence-corrected chi connectivity index (χ4v) is 3.93. The number of piperidine rings is 1. The Morgan fingerprint density at radius 1 is 1.43 bits per heavy atom. The van der Waals surface area contributed by atoms with Crippen LogP contribution in [0.3, 0.4) is 0 Å². The van der Waals surface area contributed by atoms with Crippen LogP contribution in [0, 0.1) is 5.92 Å². The number of aliphatic hydroxyl groups is 1. The van der Waals surface area contributed by atoms with Crippen LogP contribution in [0.1, 0.15) is 38.3 Å². The zero-order valence-electron chi connectivity index (χ0n) is 14.0. The van der Waals surface area contributed by atoms with Crippen molar-refractivity contribution in [2.75, 3.05) is 26.2 Å². The highest BCUT2D eigenvalue weighted by molar-refractivity contribution is 7.17. The second kappa shape index (κ2) is 7.71. The summed E-state index contributed by atoms with van der Waals surface area (Å²) in [7, 11) is 0. The zero-order valence-corrected chi connectivity index (χ0v) is 14.9. The van der Waals surface area contributed by atoms with Crippen LogP contribution < -0.4 is 5.32 Å². The predicted octanol–water partition coefficient (Wildman–Crippen LogP) is 3.04. The van der Waals surface area contributed by atoms with E-state index >= 15 is 0 Å². The first kappa shape index (κ1) is 16.8. The Morgan fingerprint density at radius 3 is 3.00 bits per heavy atom. The third kappa shape index (κ3) is 4.51. The van der Waals surface area contributed by atoms with Crippen LogP contribution in [0.25, 0.3) is 10.2 Å². The number of aromatic nitrogens is 1. The number of thiophene rings is 1. The first-order chi connectivity index (χ1) is 11.1. The number of aliphatic hydroxyl groups excluding tert-OH is 1. The maximum absolute atomic E-state index is 10.3. The van der Waals surface area contributed by atoms with Gasteiger partial charge in [-0.2, -0.15) is 0 Å². The number of hydrogen-bond donors (Lipinski definition) is 2. The molecule has 5 heteroatoms. The molecule has 0 radical (unpaired) electrons. The number of β-amino-alcohol motifs (C(OH)–C–C–N with tert-alkyl or cyclic N) is 1. The number of likely N-dealkylation sites (tertiary alicyclic amines) is 1. The molecular formula is C18H27N3OS. The molecule has 0 amide bonds. The van der Waals surface area contributed by atoms with Crippen molar-refractivity contribution < 1.29 is 5.11 Å². The summed E-state index contributed by atoms with van der Waals surface area (Å²) in [6.07, 6.45) is 4.13. The normalized spacial score (nSPS) is 20.0. The maximum Gasteiger partial charge on any atom is 0.0809 e.